The minimum Gasteiger partial charge on any atom is -0.337 e. The topological polar surface area (TPSA) is 51.0 Å². The van der Waals surface area contributed by atoms with Crippen LogP contribution in [-0.4, -0.2) is 38.7 Å². The van der Waals surface area contributed by atoms with Crippen molar-refractivity contribution in [2.24, 2.45) is 0 Å². The van der Waals surface area contributed by atoms with Crippen LogP contribution in [-0.2, 0) is 19.4 Å². The summed E-state index contributed by atoms with van der Waals surface area (Å²) in [6.07, 6.45) is 6.18. The summed E-state index contributed by atoms with van der Waals surface area (Å²) in [7, 11) is 0. The van der Waals surface area contributed by atoms with Gasteiger partial charge >= 0.3 is 0 Å². The average molecular weight is 447 g/mol. The highest BCUT2D eigenvalue weighted by Crippen LogP contribution is 2.32. The molecule has 6 heteroatoms. The molecule has 1 aliphatic carbocycles. The lowest BCUT2D eigenvalue weighted by atomic mass is 9.91. The van der Waals surface area contributed by atoms with Crippen LogP contribution >= 0.6 is 0 Å². The second-order valence-corrected chi connectivity index (χ2v) is 9.32. The zero-order valence-corrected chi connectivity index (χ0v) is 19.5. The van der Waals surface area contributed by atoms with Gasteiger partial charge in [0.05, 0.1) is 5.69 Å². The molecule has 2 aliphatic rings. The zero-order valence-electron chi connectivity index (χ0n) is 19.5. The van der Waals surface area contributed by atoms with Gasteiger partial charge in [-0.1, -0.05) is 12.1 Å². The third-order valence-corrected chi connectivity index (χ3v) is 7.00. The molecule has 172 valence electrons. The Morgan fingerprint density at radius 3 is 2.67 bits per heavy atom. The fraction of sp³-hybridized carbons (Fsp3) is 0.444. The van der Waals surface area contributed by atoms with E-state index in [1.165, 1.54) is 17.7 Å². The molecule has 1 unspecified atom stereocenters. The van der Waals surface area contributed by atoms with Crippen molar-refractivity contribution in [2.75, 3.05) is 13.1 Å². The Morgan fingerprint density at radius 1 is 1.09 bits per heavy atom. The highest BCUT2D eigenvalue weighted by atomic mass is 19.1. The van der Waals surface area contributed by atoms with E-state index < -0.39 is 0 Å². The number of nitrogens with zero attached hydrogens (tertiary/aromatic N) is 4. The average Bonchev–Trinajstić information content (AvgIpc) is 3.22. The van der Waals surface area contributed by atoms with Crippen LogP contribution in [0.15, 0.2) is 36.4 Å². The lowest BCUT2D eigenvalue weighted by Gasteiger charge is -2.33. The first-order chi connectivity index (χ1) is 16.0. The smallest absolute Gasteiger partial charge is 0.272 e. The highest BCUT2D eigenvalue weighted by Gasteiger charge is 2.32. The summed E-state index contributed by atoms with van der Waals surface area (Å²) in [5, 5.41) is 4.76. The third-order valence-electron chi connectivity index (χ3n) is 7.00. The van der Waals surface area contributed by atoms with Crippen LogP contribution in [0.4, 0.5) is 4.39 Å². The van der Waals surface area contributed by atoms with Gasteiger partial charge in [0, 0.05) is 42.5 Å². The Balaban J connectivity index is 1.41. The van der Waals surface area contributed by atoms with E-state index in [2.05, 4.69) is 13.0 Å². The Morgan fingerprint density at radius 2 is 1.88 bits per heavy atom. The Kier molecular flexibility index (Phi) is 6.00. The monoisotopic (exact) mass is 446 g/mol. The van der Waals surface area contributed by atoms with Crippen molar-refractivity contribution >= 4 is 5.91 Å². The van der Waals surface area contributed by atoms with E-state index >= 15 is 0 Å². The number of piperidine rings is 1. The molecule has 0 radical (unpaired) electrons. The summed E-state index contributed by atoms with van der Waals surface area (Å²) in [4.78, 5) is 20.5. The maximum absolute atomic E-state index is 13.7. The normalized spacial score (nSPS) is 18.3. The number of rotatable bonds is 4. The molecule has 2 aromatic heterocycles. The molecule has 1 aliphatic heterocycles. The van der Waals surface area contributed by atoms with Crippen molar-refractivity contribution in [3.63, 3.8) is 0 Å². The van der Waals surface area contributed by atoms with Gasteiger partial charge in [-0.25, -0.2) is 4.39 Å². The van der Waals surface area contributed by atoms with Gasteiger partial charge in [-0.15, -0.1) is 0 Å². The predicted molar refractivity (Wildman–Crippen MR) is 127 cm³/mol. The number of hydrogen-bond donors (Lipinski definition) is 0. The third kappa shape index (κ3) is 4.31. The standard InChI is InChI=1S/C27H31FN4O/c1-3-32-26(23-8-4-5-9-24(23)30-32)27(33)31-14-6-7-20(17-31)25-16-21(15-18(2)29-25)19-10-12-22(28)13-11-19/h10-13,15-16,20H,3-9,14,17H2,1-2H3. The second-order valence-electron chi connectivity index (χ2n) is 9.32. The number of carbonyl (C=O) groups is 1. The molecule has 0 spiro atoms. The molecule has 1 saturated heterocycles. The van der Waals surface area contributed by atoms with Gasteiger partial charge in [-0.3, -0.25) is 14.5 Å². The predicted octanol–water partition coefficient (Wildman–Crippen LogP) is 5.31. The van der Waals surface area contributed by atoms with Crippen molar-refractivity contribution in [1.82, 2.24) is 19.7 Å². The first-order valence-electron chi connectivity index (χ1n) is 12.2. The first kappa shape index (κ1) is 21.8. The molecule has 1 fully saturated rings. The van der Waals surface area contributed by atoms with E-state index in [-0.39, 0.29) is 17.6 Å². The van der Waals surface area contributed by atoms with Gasteiger partial charge in [0.1, 0.15) is 11.5 Å². The molecule has 0 bridgehead atoms. The fourth-order valence-corrected chi connectivity index (χ4v) is 5.34. The van der Waals surface area contributed by atoms with Gasteiger partial charge < -0.3 is 4.90 Å². The molecule has 33 heavy (non-hydrogen) atoms. The number of fused-ring (bicyclic) bond motifs is 1. The molecule has 5 rings (SSSR count). The fourth-order valence-electron chi connectivity index (χ4n) is 5.34. The minimum atomic E-state index is -0.236. The van der Waals surface area contributed by atoms with Gasteiger partial charge in [0.15, 0.2) is 0 Å². The van der Waals surface area contributed by atoms with Crippen LogP contribution in [0, 0.1) is 12.7 Å². The molecule has 3 aromatic rings. The lowest BCUT2D eigenvalue weighted by Crippen LogP contribution is -2.40. The van der Waals surface area contributed by atoms with Gasteiger partial charge in [-0.05, 0) is 87.8 Å². The van der Waals surface area contributed by atoms with E-state index in [1.807, 2.05) is 22.6 Å². The number of amides is 1. The molecule has 1 atom stereocenters. The van der Waals surface area contributed by atoms with Crippen LogP contribution in [0.25, 0.3) is 11.1 Å². The van der Waals surface area contributed by atoms with E-state index in [1.54, 1.807) is 12.1 Å². The van der Waals surface area contributed by atoms with Gasteiger partial charge in [-0.2, -0.15) is 5.10 Å². The van der Waals surface area contributed by atoms with Gasteiger partial charge in [0.25, 0.3) is 5.91 Å². The Labute approximate surface area is 194 Å². The summed E-state index contributed by atoms with van der Waals surface area (Å²) in [5.74, 6) is 0.0685. The molecular formula is C27H31FN4O. The number of halogens is 1. The highest BCUT2D eigenvalue weighted by molar-refractivity contribution is 5.94. The quantitative estimate of drug-likeness (QED) is 0.546. The van der Waals surface area contributed by atoms with E-state index in [0.29, 0.717) is 13.1 Å². The van der Waals surface area contributed by atoms with Gasteiger partial charge in [0.2, 0.25) is 0 Å². The van der Waals surface area contributed by atoms with Crippen molar-refractivity contribution < 1.29 is 9.18 Å². The summed E-state index contributed by atoms with van der Waals surface area (Å²) in [5.41, 5.74) is 7.06. The number of likely N-dealkylation sites (tertiary alicyclic amines) is 1. The van der Waals surface area contributed by atoms with Crippen LogP contribution in [0.2, 0.25) is 0 Å². The number of benzene rings is 1. The number of pyridine rings is 1. The van der Waals surface area contributed by atoms with E-state index in [4.69, 9.17) is 10.1 Å². The van der Waals surface area contributed by atoms with Crippen LogP contribution in [0.5, 0.6) is 0 Å². The van der Waals surface area contributed by atoms with E-state index in [9.17, 15) is 9.18 Å². The first-order valence-corrected chi connectivity index (χ1v) is 12.2. The minimum absolute atomic E-state index is 0.114. The molecule has 1 aromatic carbocycles. The number of carbonyl (C=O) groups excluding carboxylic acids is 1. The van der Waals surface area contributed by atoms with Crippen LogP contribution in [0.3, 0.4) is 0 Å². The molecule has 0 N–H and O–H groups in total. The number of aryl methyl sites for hydroxylation is 3. The molecular weight excluding hydrogens is 415 g/mol. The van der Waals surface area contributed by atoms with Crippen molar-refractivity contribution in [1.29, 1.82) is 0 Å². The Bertz CT molecular complexity index is 1170. The number of aromatic nitrogens is 3. The maximum Gasteiger partial charge on any atom is 0.272 e. The molecule has 0 saturated carbocycles. The summed E-state index contributed by atoms with van der Waals surface area (Å²) >= 11 is 0. The summed E-state index contributed by atoms with van der Waals surface area (Å²) in [6, 6.07) is 10.7. The SMILES string of the molecule is CCn1nc2c(c1C(=O)N1CCCC(c3cc(-c4ccc(F)cc4)cc(C)n3)C1)CCCC2. The maximum atomic E-state index is 13.7. The largest absolute Gasteiger partial charge is 0.337 e. The summed E-state index contributed by atoms with van der Waals surface area (Å²) < 4.78 is 15.3. The van der Waals surface area contributed by atoms with Crippen molar-refractivity contribution in [3.05, 3.63) is 70.6 Å². The molecule has 1 amide bonds. The van der Waals surface area contributed by atoms with Crippen LogP contribution in [0.1, 0.15) is 71.7 Å². The Hall–Kier alpha value is -3.02. The second kappa shape index (κ2) is 9.08. The zero-order chi connectivity index (χ0) is 22.9. The van der Waals surface area contributed by atoms with E-state index in [0.717, 1.165) is 79.0 Å². The summed E-state index contributed by atoms with van der Waals surface area (Å²) in [6.45, 7) is 6.21. The lowest BCUT2D eigenvalue weighted by molar-refractivity contribution is 0.0692. The van der Waals surface area contributed by atoms with Crippen molar-refractivity contribution in [2.45, 2.75) is 64.8 Å². The number of hydrogen-bond acceptors (Lipinski definition) is 3. The van der Waals surface area contributed by atoms with Crippen molar-refractivity contribution in [3.8, 4) is 11.1 Å². The van der Waals surface area contributed by atoms with Crippen LogP contribution < -0.4 is 0 Å². The molecule has 5 nitrogen and oxygen atoms in total. The molecule has 3 heterocycles.